The molecule has 6 rings (SSSR count). The molecule has 0 unspecified atom stereocenters. The summed E-state index contributed by atoms with van der Waals surface area (Å²) in [5, 5.41) is 32.3. The minimum Gasteiger partial charge on any atom is -0.494 e. The first-order chi connectivity index (χ1) is 43.8. The summed E-state index contributed by atoms with van der Waals surface area (Å²) in [5.74, 6) is -3.80. The molecule has 3 atom stereocenters. The van der Waals surface area contributed by atoms with E-state index in [1.807, 2.05) is 45.9 Å². The van der Waals surface area contributed by atoms with Crippen molar-refractivity contribution in [3.05, 3.63) is 71.4 Å². The van der Waals surface area contributed by atoms with E-state index in [9.17, 15) is 62.1 Å². The Morgan fingerprint density at radius 1 is 0.791 bits per heavy atom. The Hall–Kier alpha value is -7.59. The van der Waals surface area contributed by atoms with Gasteiger partial charge in [-0.15, -0.1) is 6.42 Å². The maximum atomic E-state index is 14.0. The molecule has 0 spiro atoms. The van der Waals surface area contributed by atoms with Crippen molar-refractivity contribution < 1.29 is 76.4 Å². The molecule has 3 aliphatic heterocycles. The number of ether oxygens (including phenoxy) is 3. The fourth-order valence-electron chi connectivity index (χ4n) is 10.7. The molecule has 1 aromatic heterocycles. The number of hydrogen-bond donors (Lipinski definition) is 6. The number of fused-ring (bicyclic) bond motifs is 1. The number of thioether (sulfide) groups is 1. The van der Waals surface area contributed by atoms with E-state index in [0.717, 1.165) is 22.4 Å². The first-order valence-electron chi connectivity index (χ1n) is 30.6. The zero-order valence-corrected chi connectivity index (χ0v) is 52.4. The van der Waals surface area contributed by atoms with Gasteiger partial charge in [0.15, 0.2) is 0 Å². The molecule has 26 nitrogen and oxygen atoms in total. The summed E-state index contributed by atoms with van der Waals surface area (Å²) in [6.45, 7) is 6.86. The number of carboxylic acids is 1. The number of alkyl halides is 2. The molecule has 6 amide bonds. The number of terminal acetylenes is 1. The van der Waals surface area contributed by atoms with E-state index in [4.69, 9.17) is 20.6 Å². The third-order valence-corrected chi connectivity index (χ3v) is 16.8. The molecule has 3 fully saturated rings. The number of likely N-dealkylation sites (tertiary alicyclic amines) is 1. The molecule has 3 aromatic rings. The number of benzene rings is 2. The number of carbonyl (C=O) groups excluding carboxylic acids is 8. The zero-order valence-electron chi connectivity index (χ0n) is 51.6. The van der Waals surface area contributed by atoms with Crippen LogP contribution in [0.15, 0.2) is 54.7 Å². The monoisotopic (exact) mass is 1290 g/mol. The second-order valence-electron chi connectivity index (χ2n) is 22.7. The van der Waals surface area contributed by atoms with Gasteiger partial charge in [-0.3, -0.25) is 72.6 Å². The van der Waals surface area contributed by atoms with Crippen molar-refractivity contribution in [3.8, 4) is 18.1 Å². The highest BCUT2D eigenvalue weighted by molar-refractivity contribution is 7.99. The quantitative estimate of drug-likeness (QED) is 0.0265. The van der Waals surface area contributed by atoms with Gasteiger partial charge >= 0.3 is 5.97 Å². The van der Waals surface area contributed by atoms with E-state index in [2.05, 4.69) is 37.1 Å². The Morgan fingerprint density at radius 3 is 2.09 bits per heavy atom. The summed E-state index contributed by atoms with van der Waals surface area (Å²) < 4.78 is 44.0. The van der Waals surface area contributed by atoms with Gasteiger partial charge in [-0.25, -0.2) is 8.78 Å². The van der Waals surface area contributed by atoms with Gasteiger partial charge < -0.3 is 55.5 Å². The molecule has 29 heteroatoms. The minimum atomic E-state index is -3.11. The molecule has 6 N–H and O–H groups in total. The first kappa shape index (κ1) is 72.5. The summed E-state index contributed by atoms with van der Waals surface area (Å²) in [6, 6.07) is 12.7. The molecule has 4 heterocycles. The number of rotatable bonds is 34. The number of hydrogen-bond acceptors (Lipinski definition) is 20. The predicted molar refractivity (Wildman–Crippen MR) is 333 cm³/mol. The second kappa shape index (κ2) is 38.3. The van der Waals surface area contributed by atoms with Gasteiger partial charge in [0.2, 0.25) is 23.6 Å². The van der Waals surface area contributed by atoms with Crippen molar-refractivity contribution in [2.75, 3.05) is 156 Å². The number of aromatic nitrogens is 1. The van der Waals surface area contributed by atoms with Crippen LogP contribution in [0.3, 0.4) is 0 Å². The highest BCUT2D eigenvalue weighted by atomic mass is 32.2. The number of amides is 6. The van der Waals surface area contributed by atoms with Crippen molar-refractivity contribution >= 4 is 77.0 Å². The Morgan fingerprint density at radius 2 is 1.44 bits per heavy atom. The van der Waals surface area contributed by atoms with E-state index in [0.29, 0.717) is 140 Å². The van der Waals surface area contributed by atoms with Gasteiger partial charge in [0.1, 0.15) is 31.4 Å². The highest BCUT2D eigenvalue weighted by Gasteiger charge is 2.46. The van der Waals surface area contributed by atoms with Crippen LogP contribution in [-0.4, -0.2) is 284 Å². The predicted octanol–water partition coefficient (Wildman–Crippen LogP) is 0.237. The molecule has 0 bridgehead atoms. The van der Waals surface area contributed by atoms with E-state index in [-0.39, 0.29) is 76.4 Å². The number of piperazine rings is 1. The summed E-state index contributed by atoms with van der Waals surface area (Å²) in [4.78, 5) is 130. The lowest BCUT2D eigenvalue weighted by atomic mass is 10.1. The number of aryl methyl sites for hydroxylation is 2. The van der Waals surface area contributed by atoms with Crippen molar-refractivity contribution in [2.24, 2.45) is 0 Å². The van der Waals surface area contributed by atoms with Crippen molar-refractivity contribution in [2.45, 2.75) is 76.0 Å². The van der Waals surface area contributed by atoms with Crippen LogP contribution in [0.1, 0.15) is 60.0 Å². The number of carboxylic acid groups (broad SMARTS) is 1. The van der Waals surface area contributed by atoms with Gasteiger partial charge in [-0.1, -0.05) is 35.7 Å². The van der Waals surface area contributed by atoms with Crippen LogP contribution in [0.25, 0.3) is 10.9 Å². The van der Waals surface area contributed by atoms with Gasteiger partial charge in [0.25, 0.3) is 30.7 Å². The summed E-state index contributed by atoms with van der Waals surface area (Å²) in [7, 11) is 0. The number of nitrogens with zero attached hydrogens (tertiary/aromatic N) is 8. The molecular weight excluding hydrogens is 1210 g/mol. The molecule has 0 saturated carbocycles. The lowest BCUT2D eigenvalue weighted by Crippen LogP contribution is -2.52. The van der Waals surface area contributed by atoms with E-state index < -0.39 is 79.1 Å². The Kier molecular flexibility index (Phi) is 30.5. The van der Waals surface area contributed by atoms with Crippen molar-refractivity contribution in [1.82, 2.24) is 60.6 Å². The van der Waals surface area contributed by atoms with Crippen LogP contribution in [-0.2, 0) is 54.3 Å². The Bertz CT molecular complexity index is 2920. The number of halogens is 2. The third kappa shape index (κ3) is 25.6. The van der Waals surface area contributed by atoms with E-state index in [1.54, 1.807) is 28.0 Å². The molecule has 0 aliphatic carbocycles. The molecule has 0 radical (unpaired) electrons. The second-order valence-corrected chi connectivity index (χ2v) is 23.8. The van der Waals surface area contributed by atoms with Crippen LogP contribution >= 0.6 is 11.8 Å². The summed E-state index contributed by atoms with van der Waals surface area (Å²) in [5.41, 5.74) is 3.01. The van der Waals surface area contributed by atoms with Crippen molar-refractivity contribution in [1.29, 1.82) is 0 Å². The van der Waals surface area contributed by atoms with Gasteiger partial charge in [-0.05, 0) is 68.9 Å². The third-order valence-electron chi connectivity index (χ3n) is 15.8. The number of nitrogens with one attached hydrogen (secondary N) is 4. The van der Waals surface area contributed by atoms with E-state index >= 15 is 0 Å². The SMILES string of the molecule is C#C[C@H]1CC(F)(F)CN1C(=O)CNC(=O)c1ccnc2ccc(OCCCN3CCN(C(=O)[C@H](O)CSCCNC(=O)[C@H](CCCNC(=O)CCCc4ccc(C)cc4)NC(=O)CN4CCN(COC=O)CCN(COC=O)CCN(CC(=O)O)CC4)CC3)cc12. The minimum absolute atomic E-state index is 0.0179. The highest BCUT2D eigenvalue weighted by Crippen LogP contribution is 2.32. The number of aliphatic hydroxyl groups is 1. The largest absolute Gasteiger partial charge is 0.494 e. The smallest absolute Gasteiger partial charge is 0.317 e. The number of aliphatic hydroxyl groups excluding tert-OH is 1. The average Bonchev–Trinajstić information content (AvgIpc) is 2.29. The number of aliphatic carboxylic acids is 1. The zero-order chi connectivity index (χ0) is 65.5. The van der Waals surface area contributed by atoms with Gasteiger partial charge in [0, 0.05) is 134 Å². The molecular formula is C62H86F2N12O14S. The molecule has 91 heavy (non-hydrogen) atoms. The Labute approximate surface area is 533 Å². The normalized spacial score (nSPS) is 17.9. The topological polar surface area (TPSA) is 305 Å². The van der Waals surface area contributed by atoms with Crippen molar-refractivity contribution in [3.63, 3.8) is 0 Å². The van der Waals surface area contributed by atoms with Crippen LogP contribution in [0.2, 0.25) is 0 Å². The fourth-order valence-corrected chi connectivity index (χ4v) is 11.4. The van der Waals surface area contributed by atoms with Crippen LogP contribution in [0, 0.1) is 19.3 Å². The summed E-state index contributed by atoms with van der Waals surface area (Å²) >= 11 is 1.28. The van der Waals surface area contributed by atoms with Gasteiger partial charge in [-0.2, -0.15) is 11.8 Å². The van der Waals surface area contributed by atoms with Gasteiger partial charge in [0.05, 0.1) is 49.9 Å². The molecule has 3 saturated heterocycles. The molecule has 2 aromatic carbocycles. The summed E-state index contributed by atoms with van der Waals surface area (Å²) in [6.07, 6.45) is 7.81. The van der Waals surface area contributed by atoms with E-state index in [1.165, 1.54) is 24.0 Å². The first-order valence-corrected chi connectivity index (χ1v) is 31.8. The van der Waals surface area contributed by atoms with Crippen LogP contribution in [0.4, 0.5) is 8.78 Å². The lowest BCUT2D eigenvalue weighted by Gasteiger charge is -2.35. The standard InChI is InChI=1S/C62H86F2N12O14S/c1-3-48-36-62(63,64)41-76(48)57(82)37-68-59(85)50-16-18-65-52-15-14-49(35-51(50)52)90-33-6-20-70-29-31-75(32-30-70)61(87)54(79)40-91-34-19-67-60(86)53(8-5-17-66-55(80)9-4-7-47-12-10-46(2)11-13-47)69-56(81)38-71-21-22-72(39-58(83)84)24-26-74(43-89-45-78)28-27-73(25-23-71)42-88-44-77/h1,10-16,18,35,44-45,48,53-54,79H,4-9,17,19-34,36-43H2,2H3,(H,66,80)(H,67,86)(H,68,85)(H,69,81)(H,83,84)/t48-,53-,54+/m0/s1. The molecule has 3 aliphatic rings. The molecule has 498 valence electrons. The lowest BCUT2D eigenvalue weighted by molar-refractivity contribution is -0.141. The maximum absolute atomic E-state index is 14.0. The van der Waals surface area contributed by atoms with Crippen LogP contribution in [0.5, 0.6) is 5.75 Å². The Balaban J connectivity index is 0.934. The van der Waals surface area contributed by atoms with Crippen LogP contribution < -0.4 is 26.0 Å². The maximum Gasteiger partial charge on any atom is 0.317 e. The number of pyridine rings is 1. The average molecular weight is 1290 g/mol. The fraction of sp³-hybridized carbons (Fsp3) is 0.581. The number of carbonyl (C=O) groups is 9.